The summed E-state index contributed by atoms with van der Waals surface area (Å²) in [5.41, 5.74) is 0.707. The molecule has 11 heteroatoms. The number of hydrogen-bond donors (Lipinski definition) is 1. The number of hydrogen-bond acceptors (Lipinski definition) is 7. The van der Waals surface area contributed by atoms with Crippen molar-refractivity contribution in [3.63, 3.8) is 0 Å². The Morgan fingerprint density at radius 2 is 1.92 bits per heavy atom. The lowest BCUT2D eigenvalue weighted by Gasteiger charge is -2.45. The van der Waals surface area contributed by atoms with E-state index in [1.54, 1.807) is 26.0 Å². The molecule has 1 aromatic carbocycles. The van der Waals surface area contributed by atoms with Crippen LogP contribution in [0.5, 0.6) is 0 Å². The third-order valence-corrected chi connectivity index (χ3v) is 8.82. The van der Waals surface area contributed by atoms with Gasteiger partial charge in [0.2, 0.25) is 5.95 Å². The minimum absolute atomic E-state index is 0.0142. The van der Waals surface area contributed by atoms with E-state index in [4.69, 9.17) is 4.74 Å². The number of aliphatic hydroxyl groups is 1. The molecule has 0 bridgehead atoms. The number of methoxy groups -OCH3 is 1. The molecule has 2 aliphatic rings. The summed E-state index contributed by atoms with van der Waals surface area (Å²) in [6.07, 6.45) is 0.916. The average Bonchev–Trinajstić information content (AvgIpc) is 2.84. The highest BCUT2D eigenvalue weighted by Gasteiger charge is 2.43. The molecule has 4 rings (SSSR count). The topological polar surface area (TPSA) is 92.6 Å². The Labute approximate surface area is 221 Å². The zero-order chi connectivity index (χ0) is 28.2. The quantitative estimate of drug-likeness (QED) is 0.551. The highest BCUT2D eigenvalue weighted by molar-refractivity contribution is 7.90. The lowest BCUT2D eigenvalue weighted by atomic mass is 9.73. The third-order valence-electron chi connectivity index (χ3n) is 7.64. The van der Waals surface area contributed by atoms with Crippen molar-refractivity contribution in [1.29, 1.82) is 0 Å². The van der Waals surface area contributed by atoms with E-state index in [0.29, 0.717) is 24.9 Å². The van der Waals surface area contributed by atoms with Crippen molar-refractivity contribution in [3.8, 4) is 0 Å². The third kappa shape index (κ3) is 5.20. The number of piperidine rings is 1. The molecule has 2 atom stereocenters. The second-order valence-corrected chi connectivity index (χ2v) is 12.9. The Hall–Kier alpha value is -2.50. The number of rotatable bonds is 6. The van der Waals surface area contributed by atoms with Crippen LogP contribution in [0.1, 0.15) is 62.1 Å². The molecule has 0 radical (unpaired) electrons. The highest BCUT2D eigenvalue weighted by Crippen LogP contribution is 2.43. The Morgan fingerprint density at radius 1 is 1.24 bits per heavy atom. The van der Waals surface area contributed by atoms with E-state index in [1.807, 2.05) is 24.8 Å². The molecule has 1 aromatic heterocycles. The fourth-order valence-corrected chi connectivity index (χ4v) is 6.56. The number of fused-ring (bicyclic) bond motifs is 2. The summed E-state index contributed by atoms with van der Waals surface area (Å²) < 4.78 is 72.2. The van der Waals surface area contributed by atoms with Crippen molar-refractivity contribution >= 4 is 21.9 Å². The number of ether oxygens (including phenoxy) is 1. The zero-order valence-corrected chi connectivity index (χ0v) is 23.2. The summed E-state index contributed by atoms with van der Waals surface area (Å²) in [7, 11) is -2.17. The number of benzene rings is 1. The lowest BCUT2D eigenvalue weighted by Crippen LogP contribution is -2.49. The molecule has 1 aliphatic heterocycles. The Morgan fingerprint density at radius 3 is 2.47 bits per heavy atom. The maximum absolute atomic E-state index is 14.1. The molecule has 2 aromatic rings. The van der Waals surface area contributed by atoms with Gasteiger partial charge in [-0.3, -0.25) is 0 Å². The Kier molecular flexibility index (Phi) is 7.44. The van der Waals surface area contributed by atoms with Gasteiger partial charge in [-0.25, -0.2) is 18.4 Å². The van der Waals surface area contributed by atoms with Gasteiger partial charge in [-0.05, 0) is 72.9 Å². The summed E-state index contributed by atoms with van der Waals surface area (Å²) in [4.78, 5) is 10.4. The van der Waals surface area contributed by atoms with Crippen molar-refractivity contribution in [2.24, 2.45) is 11.8 Å². The van der Waals surface area contributed by atoms with Crippen LogP contribution in [0.3, 0.4) is 0 Å². The number of anilines is 1. The van der Waals surface area contributed by atoms with Crippen molar-refractivity contribution < 1.29 is 31.4 Å². The van der Waals surface area contributed by atoms with E-state index in [1.165, 1.54) is 13.3 Å². The van der Waals surface area contributed by atoms with Gasteiger partial charge in [0.15, 0.2) is 15.5 Å². The van der Waals surface area contributed by atoms with Crippen LogP contribution in [-0.2, 0) is 39.4 Å². The van der Waals surface area contributed by atoms with Gasteiger partial charge >= 0.3 is 6.18 Å². The van der Waals surface area contributed by atoms with Crippen LogP contribution in [0, 0.1) is 11.8 Å². The monoisotopic (exact) mass is 553 g/mol. The molecule has 208 valence electrons. The largest absolute Gasteiger partial charge is 0.433 e. The highest BCUT2D eigenvalue weighted by atomic mass is 32.2. The Bertz CT molecular complexity index is 1370. The van der Waals surface area contributed by atoms with Crippen molar-refractivity contribution in [3.05, 3.63) is 51.9 Å². The van der Waals surface area contributed by atoms with Gasteiger partial charge in [0.05, 0.1) is 23.1 Å². The van der Waals surface area contributed by atoms with Crippen LogP contribution in [0.15, 0.2) is 28.8 Å². The number of alkyl halides is 3. The van der Waals surface area contributed by atoms with Gasteiger partial charge in [-0.2, -0.15) is 13.2 Å². The average molecular weight is 554 g/mol. The fourth-order valence-electron chi connectivity index (χ4n) is 5.60. The minimum atomic E-state index is -4.68. The van der Waals surface area contributed by atoms with Gasteiger partial charge in [0, 0.05) is 31.7 Å². The first kappa shape index (κ1) is 28.5. The van der Waals surface area contributed by atoms with Gasteiger partial charge in [-0.15, -0.1) is 0 Å². The summed E-state index contributed by atoms with van der Waals surface area (Å²) in [5, 5.41) is 9.83. The number of aromatic nitrogens is 2. The number of nitrogens with zero attached hydrogens (tertiary/aromatic N) is 3. The molecule has 1 N–H and O–H groups in total. The Balaban J connectivity index is 1.82. The van der Waals surface area contributed by atoms with Crippen LogP contribution < -0.4 is 4.90 Å². The molecule has 1 aliphatic carbocycles. The normalized spacial score (nSPS) is 20.3. The van der Waals surface area contributed by atoms with Gasteiger partial charge in [-0.1, -0.05) is 19.9 Å². The lowest BCUT2D eigenvalue weighted by molar-refractivity contribution is -0.144. The first-order chi connectivity index (χ1) is 17.6. The predicted molar refractivity (Wildman–Crippen MR) is 138 cm³/mol. The molecular weight excluding hydrogens is 519 g/mol. The first-order valence-electron chi connectivity index (χ1n) is 12.5. The molecule has 0 amide bonds. The molecule has 1 saturated heterocycles. The summed E-state index contributed by atoms with van der Waals surface area (Å²) in [6, 6.07) is 3.09. The van der Waals surface area contributed by atoms with Crippen LogP contribution >= 0.6 is 0 Å². The molecule has 1 fully saturated rings. The van der Waals surface area contributed by atoms with Crippen molar-refractivity contribution in [1.82, 2.24) is 9.97 Å². The van der Waals surface area contributed by atoms with Crippen LogP contribution in [0.4, 0.5) is 19.1 Å². The van der Waals surface area contributed by atoms with E-state index < -0.39 is 33.9 Å². The van der Waals surface area contributed by atoms with Crippen LogP contribution in [-0.4, -0.2) is 49.4 Å². The molecular formula is C27H34F3N3O4S. The molecule has 2 unspecified atom stereocenters. The summed E-state index contributed by atoms with van der Waals surface area (Å²) in [6.45, 7) is 7.15. The minimum Gasteiger partial charge on any atom is -0.392 e. The number of halogens is 3. The zero-order valence-electron chi connectivity index (χ0n) is 22.4. The molecule has 0 saturated carbocycles. The first-order valence-corrected chi connectivity index (χ1v) is 14.4. The van der Waals surface area contributed by atoms with E-state index in [2.05, 4.69) is 9.97 Å². The smallest absolute Gasteiger partial charge is 0.392 e. The van der Waals surface area contributed by atoms with Gasteiger partial charge in [0.1, 0.15) is 0 Å². The van der Waals surface area contributed by atoms with E-state index in [-0.39, 0.29) is 34.3 Å². The maximum Gasteiger partial charge on any atom is 0.433 e. The predicted octanol–water partition coefficient (Wildman–Crippen LogP) is 4.76. The molecule has 7 nitrogen and oxygen atoms in total. The number of sulfone groups is 1. The molecule has 2 heterocycles. The molecule has 0 spiro atoms. The van der Waals surface area contributed by atoms with Crippen molar-refractivity contribution in [2.75, 3.05) is 24.8 Å². The van der Waals surface area contributed by atoms with Crippen LogP contribution in [0.25, 0.3) is 6.08 Å². The van der Waals surface area contributed by atoms with E-state index in [0.717, 1.165) is 23.0 Å². The van der Waals surface area contributed by atoms with Gasteiger partial charge in [0.25, 0.3) is 0 Å². The summed E-state index contributed by atoms with van der Waals surface area (Å²) in [5.74, 6) is 0.152. The standard InChI is InChI=1S/C27H34F3N3O4S/c1-15(2)23-20-11-17-10-19(14-34)22(38(6,35)36)12-18(17)9-16(20)7-8-33(23)25-31-13-21(26(3,4)37-5)24(32-25)27(28,29)30/h10-13,15-16,23,34H,7-9,14H2,1-6H3. The van der Waals surface area contributed by atoms with Gasteiger partial charge < -0.3 is 14.7 Å². The van der Waals surface area contributed by atoms with E-state index in [9.17, 15) is 26.7 Å². The fraction of sp³-hybridized carbons (Fsp3) is 0.556. The van der Waals surface area contributed by atoms with E-state index >= 15 is 0 Å². The number of aliphatic hydroxyl groups excluding tert-OH is 1. The van der Waals surface area contributed by atoms with Crippen molar-refractivity contribution in [2.45, 2.75) is 69.9 Å². The van der Waals surface area contributed by atoms with Crippen LogP contribution in [0.2, 0.25) is 0 Å². The SMILES string of the molecule is COC(C)(C)c1cnc(N2CCC3Cc4cc(S(C)(=O)=O)c(CO)cc4C=C3C2C(C)C)nc1C(F)(F)F. The summed E-state index contributed by atoms with van der Waals surface area (Å²) >= 11 is 0. The second kappa shape index (κ2) is 9.91. The maximum atomic E-state index is 14.1. The molecule has 38 heavy (non-hydrogen) atoms. The second-order valence-electron chi connectivity index (χ2n) is 10.9.